The van der Waals surface area contributed by atoms with E-state index in [9.17, 15) is 9.59 Å². The summed E-state index contributed by atoms with van der Waals surface area (Å²) in [6.45, 7) is 4.33. The van der Waals surface area contributed by atoms with E-state index in [4.69, 9.17) is 0 Å². The van der Waals surface area contributed by atoms with Gasteiger partial charge in [0.15, 0.2) is 0 Å². The molecule has 2 amide bonds. The van der Waals surface area contributed by atoms with Crippen LogP contribution >= 0.6 is 0 Å². The Balaban J connectivity index is 1.37. The van der Waals surface area contributed by atoms with Crippen molar-refractivity contribution in [2.24, 2.45) is 0 Å². The number of unbranched alkanes of at least 4 members (excludes halogenated alkanes) is 2. The molecule has 1 N–H and O–H groups in total. The number of likely N-dealkylation sites (tertiary alicyclic amines) is 1. The summed E-state index contributed by atoms with van der Waals surface area (Å²) in [5, 5.41) is 2.98. The molecule has 6 heteroatoms. The van der Waals surface area contributed by atoms with Crippen LogP contribution in [0.3, 0.4) is 0 Å². The van der Waals surface area contributed by atoms with Crippen molar-refractivity contribution in [1.29, 1.82) is 0 Å². The Labute approximate surface area is 161 Å². The highest BCUT2D eigenvalue weighted by Gasteiger charge is 2.16. The van der Waals surface area contributed by atoms with Gasteiger partial charge in [-0.05, 0) is 44.7 Å². The first-order valence-corrected chi connectivity index (χ1v) is 10.2. The van der Waals surface area contributed by atoms with Gasteiger partial charge >= 0.3 is 0 Å². The highest BCUT2D eigenvalue weighted by Crippen LogP contribution is 2.13. The first-order chi connectivity index (χ1) is 13.2. The maximum atomic E-state index is 12.5. The minimum absolute atomic E-state index is 0.0909. The minimum atomic E-state index is -0.0909. The van der Waals surface area contributed by atoms with Crippen molar-refractivity contribution in [2.75, 3.05) is 19.6 Å². The van der Waals surface area contributed by atoms with E-state index in [-0.39, 0.29) is 5.91 Å². The molecule has 146 valence electrons. The van der Waals surface area contributed by atoms with Crippen LogP contribution in [0.4, 0.5) is 0 Å². The van der Waals surface area contributed by atoms with Crippen molar-refractivity contribution in [3.8, 4) is 0 Å². The summed E-state index contributed by atoms with van der Waals surface area (Å²) >= 11 is 0. The number of aryl methyl sites for hydroxylation is 1. The third-order valence-electron chi connectivity index (χ3n) is 5.23. The number of rotatable bonds is 7. The molecule has 6 nitrogen and oxygen atoms in total. The summed E-state index contributed by atoms with van der Waals surface area (Å²) in [5.74, 6) is 0.203. The van der Waals surface area contributed by atoms with Crippen LogP contribution in [0.25, 0.3) is 5.65 Å². The third kappa shape index (κ3) is 5.08. The zero-order valence-electron chi connectivity index (χ0n) is 16.2. The molecule has 2 aromatic rings. The van der Waals surface area contributed by atoms with E-state index in [1.165, 1.54) is 12.8 Å². The van der Waals surface area contributed by atoms with Gasteiger partial charge in [0.25, 0.3) is 5.91 Å². The number of pyridine rings is 1. The van der Waals surface area contributed by atoms with Crippen LogP contribution in [0.1, 0.15) is 67.5 Å². The number of aromatic nitrogens is 2. The zero-order valence-corrected chi connectivity index (χ0v) is 16.2. The molecule has 0 saturated carbocycles. The lowest BCUT2D eigenvalue weighted by atomic mass is 10.1. The Morgan fingerprint density at radius 2 is 1.85 bits per heavy atom. The molecule has 3 rings (SSSR count). The highest BCUT2D eigenvalue weighted by molar-refractivity contribution is 5.94. The van der Waals surface area contributed by atoms with E-state index in [0.29, 0.717) is 24.6 Å². The highest BCUT2D eigenvalue weighted by atomic mass is 16.2. The number of nitrogens with zero attached hydrogens (tertiary/aromatic N) is 3. The summed E-state index contributed by atoms with van der Waals surface area (Å²) < 4.78 is 1.82. The van der Waals surface area contributed by atoms with Gasteiger partial charge in [0.1, 0.15) is 11.3 Å². The summed E-state index contributed by atoms with van der Waals surface area (Å²) in [6.07, 6.45) is 9.98. The molecule has 0 atom stereocenters. The van der Waals surface area contributed by atoms with Crippen LogP contribution in [-0.2, 0) is 4.79 Å². The van der Waals surface area contributed by atoms with Crippen LogP contribution < -0.4 is 5.32 Å². The van der Waals surface area contributed by atoms with Crippen LogP contribution in [0, 0.1) is 6.92 Å². The first kappa shape index (κ1) is 19.4. The van der Waals surface area contributed by atoms with E-state index < -0.39 is 0 Å². The number of nitrogens with one attached hydrogen (secondary N) is 1. The SMILES string of the molecule is Cc1nc2ccccn2c1C(=O)NCCCCCC(=O)N1CCCCCC1. The van der Waals surface area contributed by atoms with E-state index in [1.54, 1.807) is 0 Å². The van der Waals surface area contributed by atoms with Gasteiger partial charge in [-0.25, -0.2) is 4.98 Å². The van der Waals surface area contributed by atoms with E-state index in [2.05, 4.69) is 10.3 Å². The Bertz CT molecular complexity index is 776. The number of carbonyl (C=O) groups excluding carboxylic acids is 2. The number of hydrogen-bond donors (Lipinski definition) is 1. The smallest absolute Gasteiger partial charge is 0.270 e. The van der Waals surface area contributed by atoms with Gasteiger partial charge in [0.2, 0.25) is 5.91 Å². The lowest BCUT2D eigenvalue weighted by Gasteiger charge is -2.20. The van der Waals surface area contributed by atoms with Crippen molar-refractivity contribution in [1.82, 2.24) is 19.6 Å². The molecule has 0 spiro atoms. The topological polar surface area (TPSA) is 66.7 Å². The molecular formula is C21H30N4O2. The molecule has 0 unspecified atom stereocenters. The quantitative estimate of drug-likeness (QED) is 0.760. The largest absolute Gasteiger partial charge is 0.351 e. The second kappa shape index (κ2) is 9.53. The molecule has 1 aliphatic heterocycles. The summed E-state index contributed by atoms with van der Waals surface area (Å²) in [5.41, 5.74) is 2.12. The predicted octanol–water partition coefficient (Wildman–Crippen LogP) is 3.34. The van der Waals surface area contributed by atoms with Gasteiger partial charge in [-0.2, -0.15) is 0 Å². The first-order valence-electron chi connectivity index (χ1n) is 10.2. The second-order valence-electron chi connectivity index (χ2n) is 7.34. The van der Waals surface area contributed by atoms with Gasteiger partial charge in [-0.3, -0.25) is 14.0 Å². The Morgan fingerprint density at radius 1 is 1.07 bits per heavy atom. The van der Waals surface area contributed by atoms with Crippen molar-refractivity contribution < 1.29 is 9.59 Å². The summed E-state index contributed by atoms with van der Waals surface area (Å²) in [6, 6.07) is 5.70. The summed E-state index contributed by atoms with van der Waals surface area (Å²) in [7, 11) is 0. The van der Waals surface area contributed by atoms with Gasteiger partial charge in [-0.15, -0.1) is 0 Å². The summed E-state index contributed by atoms with van der Waals surface area (Å²) in [4.78, 5) is 31.2. The number of hydrogen-bond acceptors (Lipinski definition) is 3. The van der Waals surface area contributed by atoms with Crippen molar-refractivity contribution in [3.63, 3.8) is 0 Å². The number of imidazole rings is 1. The fraction of sp³-hybridized carbons (Fsp3) is 0.571. The van der Waals surface area contributed by atoms with Gasteiger partial charge < -0.3 is 10.2 Å². The molecule has 3 heterocycles. The molecule has 0 aliphatic carbocycles. The van der Waals surface area contributed by atoms with Gasteiger partial charge in [-0.1, -0.05) is 25.3 Å². The van der Waals surface area contributed by atoms with E-state index in [1.807, 2.05) is 40.6 Å². The Kier molecular flexibility index (Phi) is 6.85. The fourth-order valence-corrected chi connectivity index (χ4v) is 3.73. The van der Waals surface area contributed by atoms with E-state index in [0.717, 1.165) is 56.5 Å². The molecule has 1 fully saturated rings. The molecule has 1 aliphatic rings. The molecule has 1 saturated heterocycles. The standard InChI is InChI=1S/C21H30N4O2/c1-17-20(25-16-10-6-11-18(25)23-17)21(27)22-13-7-4-5-12-19(26)24-14-8-2-3-9-15-24/h6,10-11,16H,2-5,7-9,12-15H2,1H3,(H,22,27). The monoisotopic (exact) mass is 370 g/mol. The molecule has 27 heavy (non-hydrogen) atoms. The van der Waals surface area contributed by atoms with Gasteiger partial charge in [0, 0.05) is 32.3 Å². The molecule has 0 bridgehead atoms. The fourth-order valence-electron chi connectivity index (χ4n) is 3.73. The number of fused-ring (bicyclic) bond motifs is 1. The van der Waals surface area contributed by atoms with Crippen LogP contribution in [0.15, 0.2) is 24.4 Å². The minimum Gasteiger partial charge on any atom is -0.351 e. The van der Waals surface area contributed by atoms with Crippen LogP contribution in [0.2, 0.25) is 0 Å². The predicted molar refractivity (Wildman–Crippen MR) is 106 cm³/mol. The van der Waals surface area contributed by atoms with Crippen LogP contribution in [-0.4, -0.2) is 45.7 Å². The third-order valence-corrected chi connectivity index (χ3v) is 5.23. The Hall–Kier alpha value is -2.37. The maximum absolute atomic E-state index is 12.5. The number of amides is 2. The normalized spacial score (nSPS) is 14.9. The molecular weight excluding hydrogens is 340 g/mol. The van der Waals surface area contributed by atoms with Crippen molar-refractivity contribution in [2.45, 2.75) is 58.3 Å². The molecule has 0 radical (unpaired) electrons. The van der Waals surface area contributed by atoms with E-state index >= 15 is 0 Å². The Morgan fingerprint density at radius 3 is 2.63 bits per heavy atom. The maximum Gasteiger partial charge on any atom is 0.270 e. The molecule has 2 aromatic heterocycles. The van der Waals surface area contributed by atoms with Gasteiger partial charge in [0.05, 0.1) is 5.69 Å². The molecule has 0 aromatic carbocycles. The average Bonchev–Trinajstić information content (AvgIpc) is 2.83. The average molecular weight is 370 g/mol. The zero-order chi connectivity index (χ0) is 19.1. The van der Waals surface area contributed by atoms with Crippen molar-refractivity contribution >= 4 is 17.5 Å². The lowest BCUT2D eigenvalue weighted by Crippen LogP contribution is -2.31. The number of carbonyl (C=O) groups is 2. The van der Waals surface area contributed by atoms with Crippen LogP contribution in [0.5, 0.6) is 0 Å². The van der Waals surface area contributed by atoms with Crippen molar-refractivity contribution in [3.05, 3.63) is 35.8 Å². The lowest BCUT2D eigenvalue weighted by molar-refractivity contribution is -0.131. The second-order valence-corrected chi connectivity index (χ2v) is 7.34.